The maximum Gasteiger partial charge on any atom is 0.0136 e. The van der Waals surface area contributed by atoms with E-state index in [1.54, 1.807) is 0 Å². The molecule has 0 unspecified atom stereocenters. The van der Waals surface area contributed by atoms with Crippen molar-refractivity contribution in [2.24, 2.45) is 11.7 Å². The van der Waals surface area contributed by atoms with E-state index in [0.29, 0.717) is 6.04 Å². The maximum atomic E-state index is 6.00. The molecular weight excluding hydrogens is 222 g/mol. The van der Waals surface area contributed by atoms with Crippen molar-refractivity contribution in [3.05, 3.63) is 0 Å². The number of piperidine rings is 3. The lowest BCUT2D eigenvalue weighted by molar-refractivity contribution is 0.0361. The van der Waals surface area contributed by atoms with Crippen LogP contribution in [0.5, 0.6) is 0 Å². The topological polar surface area (TPSA) is 32.5 Å². The van der Waals surface area contributed by atoms with Crippen molar-refractivity contribution in [3.8, 4) is 0 Å². The van der Waals surface area contributed by atoms with Gasteiger partial charge < -0.3 is 15.5 Å². The van der Waals surface area contributed by atoms with Crippen LogP contribution in [0.2, 0.25) is 0 Å². The van der Waals surface area contributed by atoms with Gasteiger partial charge in [0, 0.05) is 18.6 Å². The zero-order valence-corrected chi connectivity index (χ0v) is 11.7. The molecule has 0 bridgehead atoms. The molecule has 3 fully saturated rings. The summed E-state index contributed by atoms with van der Waals surface area (Å²) in [6.07, 6.45) is 9.66. The summed E-state index contributed by atoms with van der Waals surface area (Å²) in [4.78, 5) is 5.47. The van der Waals surface area contributed by atoms with E-state index in [4.69, 9.17) is 5.73 Å². The van der Waals surface area contributed by atoms with Crippen LogP contribution in [0.4, 0.5) is 0 Å². The Morgan fingerprint density at radius 1 is 0.833 bits per heavy atom. The summed E-state index contributed by atoms with van der Waals surface area (Å²) >= 11 is 0. The van der Waals surface area contributed by atoms with Gasteiger partial charge in [-0.25, -0.2) is 0 Å². The van der Waals surface area contributed by atoms with Crippen molar-refractivity contribution in [1.29, 1.82) is 0 Å². The first kappa shape index (κ1) is 12.9. The predicted octanol–water partition coefficient (Wildman–Crippen LogP) is 1.67. The minimum Gasteiger partial charge on any atom is -0.328 e. The monoisotopic (exact) mass is 251 g/mol. The smallest absolute Gasteiger partial charge is 0.0136 e. The first-order chi connectivity index (χ1) is 8.83. The summed E-state index contributed by atoms with van der Waals surface area (Å²) < 4.78 is 0. The molecule has 3 aliphatic heterocycles. The standard InChI is InChI=1S/C15H29N3/c16-14-6-10-17(11-7-14)12-13-4-3-9-18-8-2-1-5-15(13)18/h13-15H,1-12,16H2/t13-,15-/m1/s1. The molecule has 0 aliphatic carbocycles. The van der Waals surface area contributed by atoms with Crippen LogP contribution in [0.3, 0.4) is 0 Å². The van der Waals surface area contributed by atoms with E-state index < -0.39 is 0 Å². The second kappa shape index (κ2) is 5.89. The van der Waals surface area contributed by atoms with Gasteiger partial charge in [-0.3, -0.25) is 0 Å². The molecule has 3 rings (SSSR count). The average Bonchev–Trinajstić information content (AvgIpc) is 2.42. The Hall–Kier alpha value is -0.120. The van der Waals surface area contributed by atoms with Crippen LogP contribution >= 0.6 is 0 Å². The fourth-order valence-corrected chi connectivity index (χ4v) is 4.26. The van der Waals surface area contributed by atoms with E-state index in [1.807, 2.05) is 0 Å². The van der Waals surface area contributed by atoms with Crippen molar-refractivity contribution in [2.45, 2.75) is 57.0 Å². The molecule has 3 heterocycles. The van der Waals surface area contributed by atoms with Crippen LogP contribution in [0.1, 0.15) is 44.9 Å². The zero-order chi connectivity index (χ0) is 12.4. The van der Waals surface area contributed by atoms with Crippen LogP contribution in [0.15, 0.2) is 0 Å². The number of hydrogen-bond acceptors (Lipinski definition) is 3. The van der Waals surface area contributed by atoms with Crippen LogP contribution in [0, 0.1) is 5.92 Å². The third-order valence-electron chi connectivity index (χ3n) is 5.35. The van der Waals surface area contributed by atoms with Crippen molar-refractivity contribution in [3.63, 3.8) is 0 Å². The third-order valence-corrected chi connectivity index (χ3v) is 5.35. The molecule has 0 aromatic carbocycles. The van der Waals surface area contributed by atoms with Gasteiger partial charge in [0.1, 0.15) is 0 Å². The molecule has 104 valence electrons. The van der Waals surface area contributed by atoms with Crippen LogP contribution in [0.25, 0.3) is 0 Å². The highest BCUT2D eigenvalue weighted by Crippen LogP contribution is 2.31. The Morgan fingerprint density at radius 2 is 1.61 bits per heavy atom. The molecule has 3 heteroatoms. The highest BCUT2D eigenvalue weighted by Gasteiger charge is 2.34. The lowest BCUT2D eigenvalue weighted by atomic mass is 9.83. The van der Waals surface area contributed by atoms with Gasteiger partial charge in [-0.2, -0.15) is 0 Å². The van der Waals surface area contributed by atoms with Gasteiger partial charge in [0.05, 0.1) is 0 Å². The largest absolute Gasteiger partial charge is 0.328 e. The Kier molecular flexibility index (Phi) is 4.22. The first-order valence-electron chi connectivity index (χ1n) is 8.05. The van der Waals surface area contributed by atoms with E-state index in [9.17, 15) is 0 Å². The Labute approximate surface area is 112 Å². The molecule has 2 atom stereocenters. The molecule has 3 saturated heterocycles. The summed E-state index contributed by atoms with van der Waals surface area (Å²) in [5.74, 6) is 0.938. The average molecular weight is 251 g/mol. The lowest BCUT2D eigenvalue weighted by Gasteiger charge is -2.46. The third kappa shape index (κ3) is 2.89. The molecule has 0 aromatic heterocycles. The quantitative estimate of drug-likeness (QED) is 0.810. The maximum absolute atomic E-state index is 6.00. The number of nitrogens with two attached hydrogens (primary N) is 1. The fraction of sp³-hybridized carbons (Fsp3) is 1.00. The summed E-state index contributed by atoms with van der Waals surface area (Å²) in [5.41, 5.74) is 6.00. The normalized spacial score (nSPS) is 36.5. The van der Waals surface area contributed by atoms with Gasteiger partial charge in [-0.1, -0.05) is 6.42 Å². The van der Waals surface area contributed by atoms with E-state index in [0.717, 1.165) is 12.0 Å². The number of nitrogens with zero attached hydrogens (tertiary/aromatic N) is 2. The van der Waals surface area contributed by atoms with Gasteiger partial charge in [0.15, 0.2) is 0 Å². The van der Waals surface area contributed by atoms with Crippen LogP contribution in [-0.2, 0) is 0 Å². The van der Waals surface area contributed by atoms with E-state index in [-0.39, 0.29) is 0 Å². The summed E-state index contributed by atoms with van der Waals surface area (Å²) in [5, 5.41) is 0. The van der Waals surface area contributed by atoms with Gasteiger partial charge in [-0.15, -0.1) is 0 Å². The molecule has 0 aromatic rings. The number of hydrogen-bond donors (Lipinski definition) is 1. The van der Waals surface area contributed by atoms with E-state index in [1.165, 1.54) is 77.7 Å². The molecule has 0 saturated carbocycles. The van der Waals surface area contributed by atoms with Gasteiger partial charge in [-0.05, 0) is 70.6 Å². The molecule has 0 amide bonds. The molecule has 18 heavy (non-hydrogen) atoms. The highest BCUT2D eigenvalue weighted by atomic mass is 15.2. The SMILES string of the molecule is NC1CCN(C[C@H]2CCCN3CCCC[C@H]23)CC1. The first-order valence-corrected chi connectivity index (χ1v) is 8.05. The highest BCUT2D eigenvalue weighted by molar-refractivity contribution is 4.89. The summed E-state index contributed by atoms with van der Waals surface area (Å²) in [6, 6.07) is 1.38. The minimum atomic E-state index is 0.471. The lowest BCUT2D eigenvalue weighted by Crippen LogP contribution is -2.52. The van der Waals surface area contributed by atoms with Gasteiger partial charge in [0.2, 0.25) is 0 Å². The summed E-state index contributed by atoms with van der Waals surface area (Å²) in [6.45, 7) is 6.56. The molecule has 0 radical (unpaired) electrons. The number of fused-ring (bicyclic) bond motifs is 1. The van der Waals surface area contributed by atoms with Crippen LogP contribution < -0.4 is 5.73 Å². The number of likely N-dealkylation sites (tertiary alicyclic amines) is 1. The molecule has 2 N–H and O–H groups in total. The van der Waals surface area contributed by atoms with Gasteiger partial charge in [0.25, 0.3) is 0 Å². The minimum absolute atomic E-state index is 0.471. The zero-order valence-electron chi connectivity index (χ0n) is 11.7. The van der Waals surface area contributed by atoms with Gasteiger partial charge >= 0.3 is 0 Å². The Morgan fingerprint density at radius 3 is 2.44 bits per heavy atom. The Balaban J connectivity index is 1.54. The van der Waals surface area contributed by atoms with E-state index >= 15 is 0 Å². The molecular formula is C15H29N3. The van der Waals surface area contributed by atoms with E-state index in [2.05, 4.69) is 9.80 Å². The van der Waals surface area contributed by atoms with Crippen molar-refractivity contribution in [2.75, 3.05) is 32.7 Å². The van der Waals surface area contributed by atoms with Crippen molar-refractivity contribution in [1.82, 2.24) is 9.80 Å². The molecule has 3 aliphatic rings. The predicted molar refractivity (Wildman–Crippen MR) is 75.6 cm³/mol. The second-order valence-corrected chi connectivity index (χ2v) is 6.64. The van der Waals surface area contributed by atoms with Crippen molar-refractivity contribution < 1.29 is 0 Å². The fourth-order valence-electron chi connectivity index (χ4n) is 4.26. The summed E-state index contributed by atoms with van der Waals surface area (Å²) in [7, 11) is 0. The molecule has 0 spiro atoms. The van der Waals surface area contributed by atoms with Crippen molar-refractivity contribution >= 4 is 0 Å². The Bertz CT molecular complexity index is 258. The van der Waals surface area contributed by atoms with Crippen LogP contribution in [-0.4, -0.2) is 54.6 Å². The molecule has 3 nitrogen and oxygen atoms in total. The number of rotatable bonds is 2. The second-order valence-electron chi connectivity index (χ2n) is 6.64.